The van der Waals surface area contributed by atoms with Crippen molar-refractivity contribution in [1.82, 2.24) is 15.5 Å². The van der Waals surface area contributed by atoms with E-state index in [1.54, 1.807) is 37.8 Å². The molecular formula is C14H22FN5O2. The monoisotopic (exact) mass is 311 g/mol. The average Bonchev–Trinajstić information content (AvgIpc) is 2.40. The number of alkyl halides is 1. The van der Waals surface area contributed by atoms with Crippen LogP contribution < -0.4 is 16.0 Å². The second-order valence-corrected chi connectivity index (χ2v) is 6.32. The molecule has 0 saturated carbocycles. The summed E-state index contributed by atoms with van der Waals surface area (Å²) in [6.07, 6.45) is -1.34. The predicted octanol–water partition coefficient (Wildman–Crippen LogP) is 1.50. The Morgan fingerprint density at radius 2 is 2.18 bits per heavy atom. The maximum absolute atomic E-state index is 14.3. The zero-order valence-electron chi connectivity index (χ0n) is 13.0. The molecule has 1 aromatic rings. The van der Waals surface area contributed by atoms with Gasteiger partial charge < -0.3 is 20.7 Å². The van der Waals surface area contributed by atoms with Gasteiger partial charge in [0.15, 0.2) is 5.82 Å². The Hall–Kier alpha value is -2.12. The highest BCUT2D eigenvalue weighted by Gasteiger charge is 2.32. The molecular weight excluding hydrogens is 289 g/mol. The summed E-state index contributed by atoms with van der Waals surface area (Å²) < 4.78 is 19.4. The molecule has 7 nitrogen and oxygen atoms in total. The highest BCUT2D eigenvalue weighted by atomic mass is 19.1. The minimum Gasteiger partial charge on any atom is -0.444 e. The minimum absolute atomic E-state index is 0.138. The van der Waals surface area contributed by atoms with Crippen LogP contribution in [0.15, 0.2) is 12.1 Å². The molecule has 0 unspecified atom stereocenters. The highest BCUT2D eigenvalue weighted by molar-refractivity contribution is 5.68. The molecule has 2 heterocycles. The van der Waals surface area contributed by atoms with Crippen molar-refractivity contribution in [2.45, 2.75) is 45.0 Å². The number of ether oxygens (including phenoxy) is 1. The van der Waals surface area contributed by atoms with E-state index >= 15 is 0 Å². The van der Waals surface area contributed by atoms with Gasteiger partial charge in [-0.1, -0.05) is 0 Å². The average molecular weight is 311 g/mol. The second-order valence-electron chi connectivity index (χ2n) is 6.32. The molecule has 1 saturated heterocycles. The zero-order chi connectivity index (χ0) is 16.3. The van der Waals surface area contributed by atoms with Gasteiger partial charge in [0.25, 0.3) is 0 Å². The van der Waals surface area contributed by atoms with Crippen LogP contribution in [0.25, 0.3) is 0 Å². The lowest BCUT2D eigenvalue weighted by atomic mass is 10.0. The van der Waals surface area contributed by atoms with E-state index in [1.807, 2.05) is 0 Å². The Kier molecular flexibility index (Phi) is 4.68. The third-order valence-corrected chi connectivity index (χ3v) is 3.24. The highest BCUT2D eigenvalue weighted by Crippen LogP contribution is 2.20. The molecule has 0 aromatic carbocycles. The van der Waals surface area contributed by atoms with Gasteiger partial charge in [0.2, 0.25) is 0 Å². The van der Waals surface area contributed by atoms with Crippen LogP contribution in [-0.2, 0) is 4.74 Å². The van der Waals surface area contributed by atoms with Gasteiger partial charge in [0.05, 0.1) is 12.6 Å². The molecule has 0 aliphatic carbocycles. The number of hydrogen-bond donors (Lipinski definition) is 2. The van der Waals surface area contributed by atoms with Gasteiger partial charge in [-0.3, -0.25) is 0 Å². The van der Waals surface area contributed by atoms with E-state index in [0.29, 0.717) is 24.6 Å². The first-order valence-corrected chi connectivity index (χ1v) is 7.22. The summed E-state index contributed by atoms with van der Waals surface area (Å²) in [6.45, 7) is 6.00. The third-order valence-electron chi connectivity index (χ3n) is 3.24. The molecule has 1 amide bonds. The van der Waals surface area contributed by atoms with E-state index in [0.717, 1.165) is 0 Å². The molecule has 22 heavy (non-hydrogen) atoms. The number of aromatic nitrogens is 2. The number of amides is 1. The number of nitrogens with zero attached hydrogens (tertiary/aromatic N) is 3. The Bertz CT molecular complexity index is 517. The first-order chi connectivity index (χ1) is 10.2. The molecule has 122 valence electrons. The molecule has 1 aliphatic heterocycles. The molecule has 3 N–H and O–H groups in total. The summed E-state index contributed by atoms with van der Waals surface area (Å²) in [7, 11) is 0. The Balaban J connectivity index is 1.90. The van der Waals surface area contributed by atoms with Crippen molar-refractivity contribution in [3.63, 3.8) is 0 Å². The Morgan fingerprint density at radius 3 is 2.73 bits per heavy atom. The van der Waals surface area contributed by atoms with Crippen molar-refractivity contribution in [3.05, 3.63) is 12.1 Å². The molecule has 0 spiro atoms. The fraction of sp³-hybridized carbons (Fsp3) is 0.643. The van der Waals surface area contributed by atoms with Crippen molar-refractivity contribution < 1.29 is 13.9 Å². The molecule has 8 heteroatoms. The smallest absolute Gasteiger partial charge is 0.407 e. The van der Waals surface area contributed by atoms with Crippen LogP contribution in [0, 0.1) is 0 Å². The van der Waals surface area contributed by atoms with E-state index in [2.05, 4.69) is 15.5 Å². The third kappa shape index (κ3) is 4.44. The maximum Gasteiger partial charge on any atom is 0.407 e. The molecule has 0 radical (unpaired) electrons. The van der Waals surface area contributed by atoms with Gasteiger partial charge in [-0.2, -0.15) is 0 Å². The lowest BCUT2D eigenvalue weighted by Crippen LogP contribution is -2.53. The van der Waals surface area contributed by atoms with E-state index in [-0.39, 0.29) is 6.54 Å². The molecule has 1 aromatic heterocycles. The Labute approximate surface area is 129 Å². The Morgan fingerprint density at radius 1 is 1.45 bits per heavy atom. The van der Waals surface area contributed by atoms with Gasteiger partial charge in [0.1, 0.15) is 17.6 Å². The van der Waals surface area contributed by atoms with Crippen LogP contribution in [-0.4, -0.2) is 47.2 Å². The first kappa shape index (κ1) is 16.3. The lowest BCUT2D eigenvalue weighted by Gasteiger charge is -2.35. The van der Waals surface area contributed by atoms with Crippen LogP contribution in [0.2, 0.25) is 0 Å². The van der Waals surface area contributed by atoms with Crippen LogP contribution in [0.4, 0.5) is 20.8 Å². The van der Waals surface area contributed by atoms with Gasteiger partial charge in [-0.25, -0.2) is 9.18 Å². The van der Waals surface area contributed by atoms with E-state index in [9.17, 15) is 9.18 Å². The SMILES string of the molecule is CC(C)(C)OC(=O)N[C@@H]1CCN(c2ccc(N)nn2)C[C@@H]1F. The number of piperidine rings is 1. The minimum atomic E-state index is -1.21. The standard InChI is InChI=1S/C14H22FN5O2/c1-14(2,3)22-13(21)17-10-6-7-20(8-9(10)15)12-5-4-11(16)18-19-12/h4-5,9-10H,6-8H2,1-3H3,(H2,16,18)(H,17,21)/t9-,10+/m0/s1. The molecule has 2 rings (SSSR count). The fourth-order valence-electron chi connectivity index (χ4n) is 2.24. The topological polar surface area (TPSA) is 93.4 Å². The number of anilines is 2. The van der Waals surface area contributed by atoms with Crippen LogP contribution in [0.5, 0.6) is 0 Å². The van der Waals surface area contributed by atoms with Crippen molar-refractivity contribution >= 4 is 17.7 Å². The summed E-state index contributed by atoms with van der Waals surface area (Å²) in [6, 6.07) is 2.77. The van der Waals surface area contributed by atoms with Crippen molar-refractivity contribution in [2.24, 2.45) is 0 Å². The second kappa shape index (κ2) is 6.33. The number of hydrogen-bond acceptors (Lipinski definition) is 6. The summed E-state index contributed by atoms with van der Waals surface area (Å²) in [5.74, 6) is 0.898. The number of carbonyl (C=O) groups excluding carboxylic acids is 1. The van der Waals surface area contributed by atoms with Crippen molar-refractivity contribution in [3.8, 4) is 0 Å². The first-order valence-electron chi connectivity index (χ1n) is 7.22. The molecule has 1 aliphatic rings. The van der Waals surface area contributed by atoms with Crippen LogP contribution in [0.1, 0.15) is 27.2 Å². The van der Waals surface area contributed by atoms with Gasteiger partial charge in [0, 0.05) is 6.54 Å². The number of rotatable bonds is 2. The maximum atomic E-state index is 14.3. The number of alkyl carbamates (subject to hydrolysis) is 1. The molecule has 1 fully saturated rings. The van der Waals surface area contributed by atoms with Crippen LogP contribution >= 0.6 is 0 Å². The van der Waals surface area contributed by atoms with Gasteiger partial charge >= 0.3 is 6.09 Å². The normalized spacial score (nSPS) is 22.3. The van der Waals surface area contributed by atoms with Crippen LogP contribution in [0.3, 0.4) is 0 Å². The van der Waals surface area contributed by atoms with Crippen molar-refractivity contribution in [1.29, 1.82) is 0 Å². The summed E-state index contributed by atoms with van der Waals surface area (Å²) >= 11 is 0. The zero-order valence-corrected chi connectivity index (χ0v) is 13.0. The van der Waals surface area contributed by atoms with Crippen molar-refractivity contribution in [2.75, 3.05) is 23.7 Å². The summed E-state index contributed by atoms with van der Waals surface area (Å²) in [5, 5.41) is 10.3. The molecule has 2 atom stereocenters. The van der Waals surface area contributed by atoms with Gasteiger partial charge in [-0.05, 0) is 39.3 Å². The number of nitrogens with one attached hydrogen (secondary N) is 1. The quantitative estimate of drug-likeness (QED) is 0.859. The van der Waals surface area contributed by atoms with E-state index in [1.165, 1.54) is 0 Å². The summed E-state index contributed by atoms with van der Waals surface area (Å²) in [4.78, 5) is 13.5. The number of nitrogens with two attached hydrogens (primary N) is 1. The summed E-state index contributed by atoms with van der Waals surface area (Å²) in [5.41, 5.74) is 4.88. The number of carbonyl (C=O) groups is 1. The fourth-order valence-corrected chi connectivity index (χ4v) is 2.24. The lowest BCUT2D eigenvalue weighted by molar-refractivity contribution is 0.0463. The molecule has 0 bridgehead atoms. The van der Waals surface area contributed by atoms with Gasteiger partial charge in [-0.15, -0.1) is 10.2 Å². The van der Waals surface area contributed by atoms with E-state index in [4.69, 9.17) is 10.5 Å². The van der Waals surface area contributed by atoms with E-state index < -0.39 is 23.9 Å². The largest absolute Gasteiger partial charge is 0.444 e. The number of nitrogen functional groups attached to an aromatic ring is 1. The predicted molar refractivity (Wildman–Crippen MR) is 81.3 cm³/mol. The number of halogens is 1.